The van der Waals surface area contributed by atoms with E-state index in [-0.39, 0.29) is 6.10 Å². The van der Waals surface area contributed by atoms with Gasteiger partial charge in [0, 0.05) is 17.3 Å². The van der Waals surface area contributed by atoms with E-state index in [1.807, 2.05) is 51.1 Å². The summed E-state index contributed by atoms with van der Waals surface area (Å²) >= 11 is 0. The highest BCUT2D eigenvalue weighted by molar-refractivity contribution is 5.71. The zero-order chi connectivity index (χ0) is 13.1. The van der Waals surface area contributed by atoms with E-state index in [9.17, 15) is 0 Å². The Bertz CT molecular complexity index is 550. The number of benzene rings is 1. The number of hydrogen-bond acceptors (Lipinski definition) is 3. The van der Waals surface area contributed by atoms with Crippen LogP contribution in [-0.4, -0.2) is 11.1 Å². The Morgan fingerprint density at radius 1 is 1.22 bits per heavy atom. The molecule has 1 aromatic carbocycles. The number of ether oxygens (including phenoxy) is 1. The molecule has 0 aliphatic carbocycles. The van der Waals surface area contributed by atoms with Gasteiger partial charge in [-0.15, -0.1) is 0 Å². The minimum atomic E-state index is 0.147. The number of nitrogen functional groups attached to an aromatic ring is 1. The topological polar surface area (TPSA) is 48.1 Å². The minimum Gasteiger partial charge on any atom is -0.490 e. The van der Waals surface area contributed by atoms with Crippen LogP contribution in [-0.2, 0) is 0 Å². The predicted molar refractivity (Wildman–Crippen MR) is 74.6 cm³/mol. The van der Waals surface area contributed by atoms with Gasteiger partial charge in [-0.25, -0.2) is 4.98 Å². The van der Waals surface area contributed by atoms with Crippen molar-refractivity contribution < 1.29 is 4.74 Å². The number of rotatable bonds is 3. The van der Waals surface area contributed by atoms with Gasteiger partial charge < -0.3 is 10.5 Å². The summed E-state index contributed by atoms with van der Waals surface area (Å²) < 4.78 is 5.81. The summed E-state index contributed by atoms with van der Waals surface area (Å²) in [5.41, 5.74) is 8.79. The summed E-state index contributed by atoms with van der Waals surface area (Å²) in [5, 5.41) is 0. The van der Waals surface area contributed by atoms with E-state index in [1.54, 1.807) is 6.20 Å². The predicted octanol–water partition coefficient (Wildman–Crippen LogP) is 3.43. The molecule has 0 amide bonds. The first-order valence-electron chi connectivity index (χ1n) is 6.06. The number of hydrogen-bond donors (Lipinski definition) is 1. The van der Waals surface area contributed by atoms with Gasteiger partial charge in [-0.3, -0.25) is 0 Å². The highest BCUT2D eigenvalue weighted by Crippen LogP contribution is 2.31. The molecule has 0 radical (unpaired) electrons. The van der Waals surface area contributed by atoms with E-state index < -0.39 is 0 Å². The number of para-hydroxylation sites is 1. The van der Waals surface area contributed by atoms with Crippen molar-refractivity contribution in [2.45, 2.75) is 26.9 Å². The smallest absolute Gasteiger partial charge is 0.127 e. The van der Waals surface area contributed by atoms with E-state index in [0.717, 1.165) is 22.4 Å². The number of pyridine rings is 1. The van der Waals surface area contributed by atoms with Crippen LogP contribution in [0.25, 0.3) is 11.1 Å². The Kier molecular flexibility index (Phi) is 3.51. The standard InChI is InChI=1S/C15H18N2O/c1-10(2)18-14-7-5-4-6-13(14)12-8-11(3)15(16)17-9-12/h4-10H,1-3H3,(H2,16,17). The first-order valence-corrected chi connectivity index (χ1v) is 6.06. The molecule has 94 valence electrons. The average molecular weight is 242 g/mol. The summed E-state index contributed by atoms with van der Waals surface area (Å²) in [4.78, 5) is 4.20. The molecule has 0 unspecified atom stereocenters. The zero-order valence-electron chi connectivity index (χ0n) is 11.0. The van der Waals surface area contributed by atoms with Gasteiger partial charge in [-0.2, -0.15) is 0 Å². The number of anilines is 1. The quantitative estimate of drug-likeness (QED) is 0.897. The summed E-state index contributed by atoms with van der Waals surface area (Å²) in [6, 6.07) is 10.0. The van der Waals surface area contributed by atoms with Crippen molar-refractivity contribution in [2.75, 3.05) is 5.73 Å². The second-order valence-corrected chi connectivity index (χ2v) is 4.59. The molecule has 2 rings (SSSR count). The Hall–Kier alpha value is -2.03. The zero-order valence-corrected chi connectivity index (χ0v) is 11.0. The van der Waals surface area contributed by atoms with Crippen LogP contribution in [0.1, 0.15) is 19.4 Å². The summed E-state index contributed by atoms with van der Waals surface area (Å²) in [6.45, 7) is 5.99. The van der Waals surface area contributed by atoms with Gasteiger partial charge >= 0.3 is 0 Å². The molecule has 2 aromatic rings. The fourth-order valence-corrected chi connectivity index (χ4v) is 1.79. The molecule has 3 heteroatoms. The highest BCUT2D eigenvalue weighted by Gasteiger charge is 2.08. The lowest BCUT2D eigenvalue weighted by Gasteiger charge is -2.14. The molecule has 0 bridgehead atoms. The van der Waals surface area contributed by atoms with Gasteiger partial charge in [-0.05, 0) is 38.5 Å². The molecule has 1 heterocycles. The molecular formula is C15H18N2O. The van der Waals surface area contributed by atoms with Crippen LogP contribution in [0.3, 0.4) is 0 Å². The van der Waals surface area contributed by atoms with Gasteiger partial charge in [0.2, 0.25) is 0 Å². The molecular weight excluding hydrogens is 224 g/mol. The maximum atomic E-state index is 5.81. The third kappa shape index (κ3) is 2.62. The van der Waals surface area contributed by atoms with Gasteiger partial charge in [0.25, 0.3) is 0 Å². The summed E-state index contributed by atoms with van der Waals surface area (Å²) in [7, 11) is 0. The minimum absolute atomic E-state index is 0.147. The second-order valence-electron chi connectivity index (χ2n) is 4.59. The Labute approximate surface area is 108 Å². The number of nitrogens with zero attached hydrogens (tertiary/aromatic N) is 1. The lowest BCUT2D eigenvalue weighted by Crippen LogP contribution is -2.06. The largest absolute Gasteiger partial charge is 0.490 e. The fraction of sp³-hybridized carbons (Fsp3) is 0.267. The van der Waals surface area contributed by atoms with Crippen LogP contribution in [0, 0.1) is 6.92 Å². The van der Waals surface area contributed by atoms with Gasteiger partial charge in [0.05, 0.1) is 6.10 Å². The first-order chi connectivity index (χ1) is 8.58. The van der Waals surface area contributed by atoms with Crippen LogP contribution in [0.5, 0.6) is 5.75 Å². The first kappa shape index (κ1) is 12.4. The van der Waals surface area contributed by atoms with E-state index in [1.165, 1.54) is 0 Å². The lowest BCUT2D eigenvalue weighted by atomic mass is 10.0. The van der Waals surface area contributed by atoms with Crippen LogP contribution < -0.4 is 10.5 Å². The molecule has 3 nitrogen and oxygen atoms in total. The van der Waals surface area contributed by atoms with Gasteiger partial charge in [-0.1, -0.05) is 18.2 Å². The monoisotopic (exact) mass is 242 g/mol. The van der Waals surface area contributed by atoms with Crippen molar-refractivity contribution in [1.29, 1.82) is 0 Å². The van der Waals surface area contributed by atoms with Gasteiger partial charge in [0.15, 0.2) is 0 Å². The summed E-state index contributed by atoms with van der Waals surface area (Å²) in [5.74, 6) is 1.44. The van der Waals surface area contributed by atoms with Crippen molar-refractivity contribution >= 4 is 5.82 Å². The SMILES string of the molecule is Cc1cc(-c2ccccc2OC(C)C)cnc1N. The summed E-state index contributed by atoms with van der Waals surface area (Å²) in [6.07, 6.45) is 1.93. The Balaban J connectivity index is 2.46. The van der Waals surface area contributed by atoms with E-state index >= 15 is 0 Å². The van der Waals surface area contributed by atoms with Crippen LogP contribution in [0.15, 0.2) is 36.5 Å². The molecule has 0 aliphatic heterocycles. The van der Waals surface area contributed by atoms with Crippen molar-refractivity contribution in [2.24, 2.45) is 0 Å². The van der Waals surface area contributed by atoms with Crippen molar-refractivity contribution in [3.8, 4) is 16.9 Å². The molecule has 18 heavy (non-hydrogen) atoms. The third-order valence-corrected chi connectivity index (χ3v) is 2.68. The van der Waals surface area contributed by atoms with Crippen molar-refractivity contribution in [3.05, 3.63) is 42.1 Å². The number of aromatic nitrogens is 1. The van der Waals surface area contributed by atoms with Crippen molar-refractivity contribution in [3.63, 3.8) is 0 Å². The Morgan fingerprint density at radius 2 is 1.94 bits per heavy atom. The maximum Gasteiger partial charge on any atom is 0.127 e. The number of nitrogens with two attached hydrogens (primary N) is 1. The molecule has 0 spiro atoms. The second kappa shape index (κ2) is 5.08. The van der Waals surface area contributed by atoms with E-state index in [2.05, 4.69) is 4.98 Å². The molecule has 0 saturated heterocycles. The molecule has 0 aliphatic rings. The Morgan fingerprint density at radius 3 is 2.61 bits per heavy atom. The highest BCUT2D eigenvalue weighted by atomic mass is 16.5. The van der Waals surface area contributed by atoms with Gasteiger partial charge in [0.1, 0.15) is 11.6 Å². The molecule has 1 aromatic heterocycles. The molecule has 2 N–H and O–H groups in total. The van der Waals surface area contributed by atoms with Crippen LogP contribution in [0.4, 0.5) is 5.82 Å². The van der Waals surface area contributed by atoms with E-state index in [0.29, 0.717) is 5.82 Å². The molecule has 0 fully saturated rings. The van der Waals surface area contributed by atoms with E-state index in [4.69, 9.17) is 10.5 Å². The van der Waals surface area contributed by atoms with Crippen LogP contribution in [0.2, 0.25) is 0 Å². The average Bonchev–Trinajstić information content (AvgIpc) is 2.33. The fourth-order valence-electron chi connectivity index (χ4n) is 1.79. The third-order valence-electron chi connectivity index (χ3n) is 2.68. The lowest BCUT2D eigenvalue weighted by molar-refractivity contribution is 0.243. The molecule has 0 atom stereocenters. The maximum absolute atomic E-state index is 5.81. The number of aryl methyl sites for hydroxylation is 1. The van der Waals surface area contributed by atoms with Crippen molar-refractivity contribution in [1.82, 2.24) is 4.98 Å². The molecule has 0 saturated carbocycles. The normalized spacial score (nSPS) is 10.7. The van der Waals surface area contributed by atoms with Crippen LogP contribution >= 0.6 is 0 Å².